The number of anilines is 2. The summed E-state index contributed by atoms with van der Waals surface area (Å²) in [6.07, 6.45) is 1.85. The van der Waals surface area contributed by atoms with E-state index in [1.54, 1.807) is 25.2 Å². The molecule has 1 N–H and O–H groups in total. The molecule has 9 heteroatoms. The molecule has 0 bridgehead atoms. The Labute approximate surface area is 224 Å². The molecule has 1 fully saturated rings. The van der Waals surface area contributed by atoms with Gasteiger partial charge in [0.25, 0.3) is 11.9 Å². The van der Waals surface area contributed by atoms with E-state index >= 15 is 0 Å². The van der Waals surface area contributed by atoms with Gasteiger partial charge in [0, 0.05) is 68.9 Å². The average molecular weight is 531 g/mol. The zero-order chi connectivity index (χ0) is 27.3. The van der Waals surface area contributed by atoms with Crippen LogP contribution < -0.4 is 15.1 Å². The summed E-state index contributed by atoms with van der Waals surface area (Å²) in [7, 11) is 5.53. The van der Waals surface area contributed by atoms with Crippen LogP contribution in [-0.2, 0) is 0 Å². The first-order valence-electron chi connectivity index (χ1n) is 12.9. The number of halogens is 2. The molecule has 3 aromatic carbocycles. The minimum atomic E-state index is -0.362. The largest absolute Gasteiger partial charge is 0.455 e. The molecule has 0 radical (unpaired) electrons. The lowest BCUT2D eigenvalue weighted by Crippen LogP contribution is -2.35. The summed E-state index contributed by atoms with van der Waals surface area (Å²) in [6.45, 7) is 1.43. The lowest BCUT2D eigenvalue weighted by molar-refractivity contribution is 0.0964. The molecule has 1 amide bonds. The Balaban J connectivity index is 1.44. The molecule has 1 saturated heterocycles. The highest BCUT2D eigenvalue weighted by Gasteiger charge is 2.29. The highest BCUT2D eigenvalue weighted by atomic mass is 19.1. The summed E-state index contributed by atoms with van der Waals surface area (Å²) in [5, 5.41) is 3.42. The molecule has 1 aliphatic rings. The SMILES string of the molecule is CNC(=O)c1c(-c2ccc(F)cc2)oc2cc(N(C)C)c(C3CCCN(c4nc5cc(F)ccc5o4)C3)cc12. The second-order valence-electron chi connectivity index (χ2n) is 10.1. The number of amides is 1. The Morgan fingerprint density at radius 1 is 1.03 bits per heavy atom. The predicted octanol–water partition coefficient (Wildman–Crippen LogP) is 6.33. The standard InChI is InChI=1S/C30H28F2N4O3/c1-33-29(37)27-22-14-21(24(35(2)3)15-26(22)38-28(27)17-6-8-19(31)9-7-17)18-5-4-12-36(16-18)30-34-23-13-20(32)10-11-25(23)39-30/h6-11,13-15,18H,4-5,12,16H2,1-3H3,(H,33,37). The molecule has 39 heavy (non-hydrogen) atoms. The number of rotatable bonds is 5. The smallest absolute Gasteiger partial charge is 0.298 e. The molecule has 7 nitrogen and oxygen atoms in total. The zero-order valence-electron chi connectivity index (χ0n) is 21.9. The van der Waals surface area contributed by atoms with Crippen LogP contribution in [0.1, 0.15) is 34.7 Å². The molecule has 0 aliphatic carbocycles. The Bertz CT molecular complexity index is 1690. The minimum absolute atomic E-state index is 0.119. The van der Waals surface area contributed by atoms with Crippen LogP contribution in [0, 0.1) is 11.6 Å². The van der Waals surface area contributed by atoms with Crippen LogP contribution in [0.4, 0.5) is 20.5 Å². The molecule has 2 aromatic heterocycles. The lowest BCUT2D eigenvalue weighted by atomic mass is 9.88. The van der Waals surface area contributed by atoms with Gasteiger partial charge in [-0.3, -0.25) is 4.79 Å². The Morgan fingerprint density at radius 3 is 2.54 bits per heavy atom. The molecule has 1 aliphatic heterocycles. The molecule has 200 valence electrons. The number of hydrogen-bond acceptors (Lipinski definition) is 6. The van der Waals surface area contributed by atoms with Crippen molar-refractivity contribution in [2.45, 2.75) is 18.8 Å². The minimum Gasteiger partial charge on any atom is -0.455 e. The normalized spacial score (nSPS) is 15.7. The van der Waals surface area contributed by atoms with Gasteiger partial charge in [0.2, 0.25) is 0 Å². The molecular weight excluding hydrogens is 502 g/mol. The molecule has 0 spiro atoms. The number of carbonyl (C=O) groups excluding carboxylic acids is 1. The number of oxazole rings is 1. The zero-order valence-corrected chi connectivity index (χ0v) is 21.9. The third-order valence-electron chi connectivity index (χ3n) is 7.35. The quantitative estimate of drug-likeness (QED) is 0.286. The summed E-state index contributed by atoms with van der Waals surface area (Å²) in [6, 6.07) is 14.7. The number of furan rings is 1. The third-order valence-corrected chi connectivity index (χ3v) is 7.35. The molecule has 1 unspecified atom stereocenters. The van der Waals surface area contributed by atoms with Gasteiger partial charge in [0.05, 0.1) is 5.56 Å². The van der Waals surface area contributed by atoms with E-state index in [0.29, 0.717) is 51.5 Å². The molecule has 1 atom stereocenters. The number of benzene rings is 3. The van der Waals surface area contributed by atoms with Gasteiger partial charge >= 0.3 is 0 Å². The topological polar surface area (TPSA) is 74.8 Å². The number of fused-ring (bicyclic) bond motifs is 2. The van der Waals surface area contributed by atoms with E-state index in [2.05, 4.69) is 15.2 Å². The first-order valence-corrected chi connectivity index (χ1v) is 12.9. The highest BCUT2D eigenvalue weighted by Crippen LogP contribution is 2.41. The molecule has 5 aromatic rings. The number of nitrogens with zero attached hydrogens (tertiary/aromatic N) is 3. The fourth-order valence-corrected chi connectivity index (χ4v) is 5.45. The first-order chi connectivity index (χ1) is 18.8. The maximum atomic E-state index is 13.7. The Kier molecular flexibility index (Phi) is 6.21. The third kappa shape index (κ3) is 4.47. The summed E-state index contributed by atoms with van der Waals surface area (Å²) < 4.78 is 39.5. The van der Waals surface area contributed by atoms with Crippen molar-refractivity contribution in [3.05, 3.63) is 77.4 Å². The van der Waals surface area contributed by atoms with Crippen molar-refractivity contribution in [2.75, 3.05) is 44.0 Å². The summed E-state index contributed by atoms with van der Waals surface area (Å²) in [5.41, 5.74) is 4.71. The average Bonchev–Trinajstić information content (AvgIpc) is 3.53. The number of aromatic nitrogens is 1. The van der Waals surface area contributed by atoms with Gasteiger partial charge in [-0.05, 0) is 60.9 Å². The van der Waals surface area contributed by atoms with Crippen molar-refractivity contribution in [1.29, 1.82) is 0 Å². The lowest BCUT2D eigenvalue weighted by Gasteiger charge is -2.33. The van der Waals surface area contributed by atoms with Gasteiger partial charge in [-0.1, -0.05) is 0 Å². The van der Waals surface area contributed by atoms with Crippen LogP contribution in [0.3, 0.4) is 0 Å². The van der Waals surface area contributed by atoms with Crippen molar-refractivity contribution in [2.24, 2.45) is 0 Å². The maximum absolute atomic E-state index is 13.7. The fourth-order valence-electron chi connectivity index (χ4n) is 5.45. The van der Waals surface area contributed by atoms with E-state index < -0.39 is 0 Å². The van der Waals surface area contributed by atoms with E-state index in [0.717, 1.165) is 30.6 Å². The van der Waals surface area contributed by atoms with Crippen molar-refractivity contribution in [3.8, 4) is 11.3 Å². The monoisotopic (exact) mass is 530 g/mol. The van der Waals surface area contributed by atoms with E-state index in [1.165, 1.54) is 24.3 Å². The number of hydrogen-bond donors (Lipinski definition) is 1. The Morgan fingerprint density at radius 2 is 1.79 bits per heavy atom. The van der Waals surface area contributed by atoms with Gasteiger partial charge in [0.15, 0.2) is 5.58 Å². The molecule has 0 saturated carbocycles. The van der Waals surface area contributed by atoms with Gasteiger partial charge in [-0.15, -0.1) is 0 Å². The molecule has 3 heterocycles. The number of piperidine rings is 1. The van der Waals surface area contributed by atoms with Crippen LogP contribution >= 0.6 is 0 Å². The van der Waals surface area contributed by atoms with Crippen LogP contribution in [0.25, 0.3) is 33.4 Å². The van der Waals surface area contributed by atoms with Gasteiger partial charge in [0.1, 0.15) is 28.5 Å². The van der Waals surface area contributed by atoms with Gasteiger partial charge in [-0.2, -0.15) is 4.98 Å². The van der Waals surface area contributed by atoms with Crippen LogP contribution in [0.2, 0.25) is 0 Å². The second-order valence-corrected chi connectivity index (χ2v) is 10.1. The van der Waals surface area contributed by atoms with E-state index in [1.807, 2.05) is 31.1 Å². The van der Waals surface area contributed by atoms with Crippen molar-refractivity contribution < 1.29 is 22.4 Å². The number of nitrogens with one attached hydrogen (secondary N) is 1. The van der Waals surface area contributed by atoms with Crippen LogP contribution in [-0.4, -0.2) is 45.1 Å². The summed E-state index contributed by atoms with van der Waals surface area (Å²) in [4.78, 5) is 21.8. The summed E-state index contributed by atoms with van der Waals surface area (Å²) >= 11 is 0. The van der Waals surface area contributed by atoms with Crippen LogP contribution in [0.5, 0.6) is 0 Å². The van der Waals surface area contributed by atoms with Gasteiger partial charge < -0.3 is 24.0 Å². The highest BCUT2D eigenvalue weighted by molar-refractivity contribution is 6.11. The second kappa shape index (κ2) is 9.72. The molecule has 6 rings (SSSR count). The van der Waals surface area contributed by atoms with E-state index in [4.69, 9.17) is 8.83 Å². The van der Waals surface area contributed by atoms with Crippen molar-refractivity contribution in [3.63, 3.8) is 0 Å². The maximum Gasteiger partial charge on any atom is 0.298 e. The van der Waals surface area contributed by atoms with E-state index in [-0.39, 0.29) is 23.5 Å². The van der Waals surface area contributed by atoms with Crippen molar-refractivity contribution >= 4 is 39.7 Å². The molecular formula is C30H28F2N4O3. The van der Waals surface area contributed by atoms with E-state index in [9.17, 15) is 13.6 Å². The number of carbonyl (C=O) groups is 1. The first kappa shape index (κ1) is 24.9. The predicted molar refractivity (Wildman–Crippen MR) is 147 cm³/mol. The van der Waals surface area contributed by atoms with Crippen molar-refractivity contribution in [1.82, 2.24) is 10.3 Å². The summed E-state index contributed by atoms with van der Waals surface area (Å²) in [5.74, 6) is -0.473. The Hall–Kier alpha value is -4.40. The van der Waals surface area contributed by atoms with Crippen LogP contribution in [0.15, 0.2) is 63.4 Å². The fraction of sp³-hybridized carbons (Fsp3) is 0.267. The van der Waals surface area contributed by atoms with Gasteiger partial charge in [-0.25, -0.2) is 8.78 Å².